The molecule has 0 unspecified atom stereocenters. The van der Waals surface area contributed by atoms with E-state index in [2.05, 4.69) is 10.6 Å². The number of para-hydroxylation sites is 1. The molecule has 0 radical (unpaired) electrons. The van der Waals surface area contributed by atoms with Gasteiger partial charge in [-0.3, -0.25) is 0 Å². The SMILES string of the molecule is CCNC(=O)NC1CCC(OC(=O)c2cc3ccccc3n2CC)CC1. The average molecular weight is 357 g/mol. The van der Waals surface area contributed by atoms with E-state index in [1.165, 1.54) is 0 Å². The Balaban J connectivity index is 1.59. The maximum atomic E-state index is 12.7. The van der Waals surface area contributed by atoms with Gasteiger partial charge in [0.2, 0.25) is 0 Å². The Morgan fingerprint density at radius 3 is 2.58 bits per heavy atom. The second-order valence-corrected chi connectivity index (χ2v) is 6.72. The Labute approximate surface area is 153 Å². The number of carbonyl (C=O) groups excluding carboxylic acids is 2. The monoisotopic (exact) mass is 357 g/mol. The number of fused-ring (bicyclic) bond motifs is 1. The highest BCUT2D eigenvalue weighted by Crippen LogP contribution is 2.25. The second-order valence-electron chi connectivity index (χ2n) is 6.72. The van der Waals surface area contributed by atoms with E-state index < -0.39 is 0 Å². The van der Waals surface area contributed by atoms with Crippen molar-refractivity contribution in [1.82, 2.24) is 15.2 Å². The summed E-state index contributed by atoms with van der Waals surface area (Å²) in [5.74, 6) is -0.261. The van der Waals surface area contributed by atoms with Gasteiger partial charge in [0.25, 0.3) is 0 Å². The van der Waals surface area contributed by atoms with Crippen molar-refractivity contribution in [3.05, 3.63) is 36.0 Å². The number of ether oxygens (including phenoxy) is 1. The zero-order valence-corrected chi connectivity index (χ0v) is 15.5. The van der Waals surface area contributed by atoms with Crippen molar-refractivity contribution in [3.8, 4) is 0 Å². The Kier molecular flexibility index (Phi) is 5.81. The van der Waals surface area contributed by atoms with E-state index in [1.54, 1.807) is 0 Å². The average Bonchev–Trinajstić information content (AvgIpc) is 3.02. The molecule has 26 heavy (non-hydrogen) atoms. The van der Waals surface area contributed by atoms with Crippen LogP contribution in [0.3, 0.4) is 0 Å². The summed E-state index contributed by atoms with van der Waals surface area (Å²) in [4.78, 5) is 24.3. The summed E-state index contributed by atoms with van der Waals surface area (Å²) in [7, 11) is 0. The lowest BCUT2D eigenvalue weighted by atomic mass is 9.93. The van der Waals surface area contributed by atoms with Gasteiger partial charge in [-0.1, -0.05) is 18.2 Å². The maximum Gasteiger partial charge on any atom is 0.355 e. The van der Waals surface area contributed by atoms with Crippen molar-refractivity contribution >= 4 is 22.9 Å². The van der Waals surface area contributed by atoms with Crippen molar-refractivity contribution in [3.63, 3.8) is 0 Å². The molecule has 0 spiro atoms. The number of nitrogens with zero attached hydrogens (tertiary/aromatic N) is 1. The smallest absolute Gasteiger partial charge is 0.355 e. The molecule has 2 amide bonds. The van der Waals surface area contributed by atoms with Gasteiger partial charge in [-0.2, -0.15) is 0 Å². The first-order chi connectivity index (χ1) is 12.6. The van der Waals surface area contributed by atoms with Crippen LogP contribution in [-0.2, 0) is 11.3 Å². The Morgan fingerprint density at radius 2 is 1.88 bits per heavy atom. The number of benzene rings is 1. The number of hydrogen-bond donors (Lipinski definition) is 2. The third kappa shape index (κ3) is 4.00. The third-order valence-electron chi connectivity index (χ3n) is 4.96. The number of aryl methyl sites for hydroxylation is 1. The molecule has 2 N–H and O–H groups in total. The van der Waals surface area contributed by atoms with Crippen LogP contribution in [0.4, 0.5) is 4.79 Å². The van der Waals surface area contributed by atoms with Crippen molar-refractivity contribution in [2.45, 2.75) is 58.2 Å². The van der Waals surface area contributed by atoms with E-state index in [9.17, 15) is 9.59 Å². The molecular formula is C20H27N3O3. The summed E-state index contributed by atoms with van der Waals surface area (Å²) in [5, 5.41) is 6.76. The van der Waals surface area contributed by atoms with Crippen LogP contribution in [0.5, 0.6) is 0 Å². The van der Waals surface area contributed by atoms with Gasteiger partial charge in [-0.25, -0.2) is 9.59 Å². The molecule has 1 aromatic heterocycles. The van der Waals surface area contributed by atoms with Crippen LogP contribution >= 0.6 is 0 Å². The summed E-state index contributed by atoms with van der Waals surface area (Å²) >= 11 is 0. The molecule has 6 heteroatoms. The van der Waals surface area contributed by atoms with Crippen molar-refractivity contribution in [1.29, 1.82) is 0 Å². The molecule has 3 rings (SSSR count). The number of aromatic nitrogens is 1. The normalized spacial score (nSPS) is 19.9. The molecule has 1 aliphatic carbocycles. The van der Waals surface area contributed by atoms with E-state index in [4.69, 9.17) is 4.74 Å². The maximum absolute atomic E-state index is 12.7. The van der Waals surface area contributed by atoms with Gasteiger partial charge in [-0.15, -0.1) is 0 Å². The van der Waals surface area contributed by atoms with Gasteiger partial charge >= 0.3 is 12.0 Å². The van der Waals surface area contributed by atoms with Gasteiger partial charge in [0.15, 0.2) is 0 Å². The van der Waals surface area contributed by atoms with Crippen LogP contribution in [0.1, 0.15) is 50.0 Å². The predicted molar refractivity (Wildman–Crippen MR) is 101 cm³/mol. The largest absolute Gasteiger partial charge is 0.458 e. The number of nitrogens with one attached hydrogen (secondary N) is 2. The Morgan fingerprint density at radius 1 is 1.15 bits per heavy atom. The fraction of sp³-hybridized carbons (Fsp3) is 0.500. The fourth-order valence-electron chi connectivity index (χ4n) is 3.65. The fourth-order valence-corrected chi connectivity index (χ4v) is 3.65. The minimum atomic E-state index is -0.261. The molecule has 6 nitrogen and oxygen atoms in total. The molecule has 1 aromatic carbocycles. The second kappa shape index (κ2) is 8.25. The summed E-state index contributed by atoms with van der Waals surface area (Å²) in [5.41, 5.74) is 1.66. The third-order valence-corrected chi connectivity index (χ3v) is 4.96. The number of urea groups is 1. The van der Waals surface area contributed by atoms with Crippen molar-refractivity contribution < 1.29 is 14.3 Å². The number of carbonyl (C=O) groups is 2. The molecule has 1 aliphatic rings. The summed E-state index contributed by atoms with van der Waals surface area (Å²) in [6.07, 6.45) is 3.11. The van der Waals surface area contributed by atoms with Crippen LogP contribution in [-0.4, -0.2) is 35.3 Å². The lowest BCUT2D eigenvalue weighted by molar-refractivity contribution is 0.0177. The highest BCUT2D eigenvalue weighted by Gasteiger charge is 2.26. The zero-order chi connectivity index (χ0) is 18.5. The van der Waals surface area contributed by atoms with Gasteiger partial charge in [-0.05, 0) is 51.7 Å². The van der Waals surface area contributed by atoms with Gasteiger partial charge in [0.1, 0.15) is 11.8 Å². The van der Waals surface area contributed by atoms with Crippen LogP contribution in [0.2, 0.25) is 0 Å². The molecular weight excluding hydrogens is 330 g/mol. The lowest BCUT2D eigenvalue weighted by Crippen LogP contribution is -2.44. The topological polar surface area (TPSA) is 72.4 Å². The number of hydrogen-bond acceptors (Lipinski definition) is 3. The summed E-state index contributed by atoms with van der Waals surface area (Å²) < 4.78 is 7.76. The first kappa shape index (κ1) is 18.3. The molecule has 1 saturated carbocycles. The standard InChI is InChI=1S/C20H27N3O3/c1-3-21-20(25)22-15-9-11-16(12-10-15)26-19(24)18-13-14-7-5-6-8-17(14)23(18)4-2/h5-8,13,15-16H,3-4,9-12H2,1-2H3,(H2,21,22,25). The molecule has 0 saturated heterocycles. The minimum Gasteiger partial charge on any atom is -0.458 e. The van der Waals surface area contributed by atoms with E-state index in [0.717, 1.165) is 43.1 Å². The lowest BCUT2D eigenvalue weighted by Gasteiger charge is -2.29. The molecule has 0 atom stereocenters. The van der Waals surface area contributed by atoms with E-state index >= 15 is 0 Å². The molecule has 1 fully saturated rings. The molecule has 2 aromatic rings. The highest BCUT2D eigenvalue weighted by molar-refractivity contribution is 5.95. The van der Waals surface area contributed by atoms with E-state index in [1.807, 2.05) is 48.7 Å². The first-order valence-electron chi connectivity index (χ1n) is 9.46. The zero-order valence-electron chi connectivity index (χ0n) is 15.5. The molecule has 1 heterocycles. The number of rotatable bonds is 5. The number of esters is 1. The first-order valence-corrected chi connectivity index (χ1v) is 9.46. The quantitative estimate of drug-likeness (QED) is 0.805. The molecule has 0 aliphatic heterocycles. The van der Waals surface area contributed by atoms with Crippen LogP contribution in [0.25, 0.3) is 10.9 Å². The van der Waals surface area contributed by atoms with E-state index in [-0.39, 0.29) is 24.1 Å². The molecule has 140 valence electrons. The number of amides is 2. The summed E-state index contributed by atoms with van der Waals surface area (Å²) in [6.45, 7) is 5.26. The van der Waals surface area contributed by atoms with Gasteiger partial charge in [0.05, 0.1) is 0 Å². The van der Waals surface area contributed by atoms with Crippen LogP contribution in [0.15, 0.2) is 30.3 Å². The highest BCUT2D eigenvalue weighted by atomic mass is 16.5. The Hall–Kier alpha value is -2.50. The van der Waals surface area contributed by atoms with Gasteiger partial charge < -0.3 is 19.9 Å². The van der Waals surface area contributed by atoms with Crippen LogP contribution in [0, 0.1) is 0 Å². The molecule has 0 bridgehead atoms. The van der Waals surface area contributed by atoms with Crippen LogP contribution < -0.4 is 10.6 Å². The Bertz CT molecular complexity index is 776. The van der Waals surface area contributed by atoms with E-state index in [0.29, 0.717) is 12.2 Å². The van der Waals surface area contributed by atoms with Crippen molar-refractivity contribution in [2.75, 3.05) is 6.54 Å². The summed E-state index contributed by atoms with van der Waals surface area (Å²) in [6, 6.07) is 9.92. The minimum absolute atomic E-state index is 0.0851. The van der Waals surface area contributed by atoms with Crippen molar-refractivity contribution in [2.24, 2.45) is 0 Å². The van der Waals surface area contributed by atoms with Gasteiger partial charge in [0, 0.05) is 30.0 Å². The predicted octanol–water partition coefficient (Wildman–Crippen LogP) is 3.45.